The number of para-hydroxylation sites is 1. The largest absolute Gasteiger partial charge is 0.456 e. The van der Waals surface area contributed by atoms with Gasteiger partial charge in [0.1, 0.15) is 16.7 Å². The number of nitrogens with zero attached hydrogens (tertiary/aromatic N) is 5. The zero-order valence-electron chi connectivity index (χ0n) is 26.5. The second-order valence-electron chi connectivity index (χ2n) is 12.1. The Bertz CT molecular complexity index is 2820. The normalized spacial score (nSPS) is 11.6. The minimum Gasteiger partial charge on any atom is -0.456 e. The minimum atomic E-state index is 0.553. The average Bonchev–Trinajstić information content (AvgIpc) is 3.80. The Morgan fingerprint density at radius 3 is 1.70 bits per heavy atom. The van der Waals surface area contributed by atoms with Crippen molar-refractivity contribution in [3.05, 3.63) is 152 Å². The van der Waals surface area contributed by atoms with Gasteiger partial charge in [0, 0.05) is 45.6 Å². The summed E-state index contributed by atoms with van der Waals surface area (Å²) in [5, 5.41) is 4.02. The number of benzene rings is 6. The number of furan rings is 1. The van der Waals surface area contributed by atoms with Crippen LogP contribution in [0.4, 0.5) is 0 Å². The minimum absolute atomic E-state index is 0.553. The number of oxazole rings is 1. The topological polar surface area (TPSA) is 90.7 Å². The maximum Gasteiger partial charge on any atom is 0.227 e. The van der Waals surface area contributed by atoms with Gasteiger partial charge < -0.3 is 8.83 Å². The van der Waals surface area contributed by atoms with Gasteiger partial charge in [-0.2, -0.15) is 0 Å². The van der Waals surface area contributed by atoms with Crippen LogP contribution in [0.2, 0.25) is 0 Å². The third-order valence-electron chi connectivity index (χ3n) is 9.06. The molecule has 0 aliphatic carbocycles. The van der Waals surface area contributed by atoms with E-state index in [0.717, 1.165) is 77.2 Å². The first-order valence-electron chi connectivity index (χ1n) is 16.3. The molecule has 0 N–H and O–H groups in total. The van der Waals surface area contributed by atoms with Crippen LogP contribution in [0.25, 0.3) is 101 Å². The third-order valence-corrected chi connectivity index (χ3v) is 9.06. The molecule has 7 nitrogen and oxygen atoms in total. The number of fused-ring (bicyclic) bond motifs is 6. The van der Waals surface area contributed by atoms with Gasteiger partial charge in [-0.1, -0.05) is 109 Å². The van der Waals surface area contributed by atoms with Crippen molar-refractivity contribution >= 4 is 43.8 Å². The Kier molecular flexibility index (Phi) is 6.35. The van der Waals surface area contributed by atoms with Crippen LogP contribution in [-0.2, 0) is 0 Å². The Morgan fingerprint density at radius 2 is 0.980 bits per heavy atom. The summed E-state index contributed by atoms with van der Waals surface area (Å²) >= 11 is 0. The molecule has 0 amide bonds. The summed E-state index contributed by atoms with van der Waals surface area (Å²) < 4.78 is 12.7. The number of hydrogen-bond acceptors (Lipinski definition) is 7. The van der Waals surface area contributed by atoms with E-state index in [4.69, 9.17) is 28.8 Å². The molecule has 0 spiro atoms. The molecule has 0 atom stereocenters. The lowest BCUT2D eigenvalue weighted by molar-refractivity contribution is 0.623. The maximum absolute atomic E-state index is 6.55. The summed E-state index contributed by atoms with van der Waals surface area (Å²) in [7, 11) is 0. The van der Waals surface area contributed by atoms with E-state index in [9.17, 15) is 0 Å². The number of hydrogen-bond donors (Lipinski definition) is 0. The highest BCUT2D eigenvalue weighted by atomic mass is 16.4. The van der Waals surface area contributed by atoms with Gasteiger partial charge in [0.05, 0.1) is 5.39 Å². The van der Waals surface area contributed by atoms with Crippen molar-refractivity contribution in [2.45, 2.75) is 0 Å². The van der Waals surface area contributed by atoms with Gasteiger partial charge in [0.2, 0.25) is 5.89 Å². The third kappa shape index (κ3) is 4.64. The summed E-state index contributed by atoms with van der Waals surface area (Å²) in [6.07, 6.45) is 3.68. The van der Waals surface area contributed by atoms with Gasteiger partial charge in [-0.3, -0.25) is 4.98 Å². The summed E-state index contributed by atoms with van der Waals surface area (Å²) in [6, 6.07) is 46.4. The number of pyridine rings is 1. The molecule has 0 aliphatic heterocycles. The van der Waals surface area contributed by atoms with Crippen LogP contribution in [0.3, 0.4) is 0 Å². The summed E-state index contributed by atoms with van der Waals surface area (Å²) in [4.78, 5) is 24.3. The predicted octanol–water partition coefficient (Wildman–Crippen LogP) is 10.8. The predicted molar refractivity (Wildman–Crippen MR) is 197 cm³/mol. The van der Waals surface area contributed by atoms with Crippen molar-refractivity contribution in [1.82, 2.24) is 24.9 Å². The highest BCUT2D eigenvalue weighted by molar-refractivity contribution is 6.16. The molecule has 234 valence electrons. The van der Waals surface area contributed by atoms with Crippen molar-refractivity contribution < 1.29 is 8.83 Å². The summed E-state index contributed by atoms with van der Waals surface area (Å²) in [5.74, 6) is 2.32. The van der Waals surface area contributed by atoms with Crippen LogP contribution < -0.4 is 0 Å². The molecule has 0 fully saturated rings. The van der Waals surface area contributed by atoms with E-state index in [2.05, 4.69) is 41.4 Å². The highest BCUT2D eigenvalue weighted by Crippen LogP contribution is 2.40. The molecule has 7 heteroatoms. The maximum atomic E-state index is 6.55. The lowest BCUT2D eigenvalue weighted by Crippen LogP contribution is -2.00. The molecule has 4 aromatic heterocycles. The number of rotatable bonds is 5. The summed E-state index contributed by atoms with van der Waals surface area (Å²) in [6.45, 7) is 0. The number of aromatic nitrogens is 5. The van der Waals surface area contributed by atoms with Crippen molar-refractivity contribution in [3.63, 3.8) is 0 Å². The Hall–Kier alpha value is -6.99. The monoisotopic (exact) mass is 643 g/mol. The quantitative estimate of drug-likeness (QED) is 0.184. The van der Waals surface area contributed by atoms with Crippen LogP contribution in [0, 0.1) is 0 Å². The summed E-state index contributed by atoms with van der Waals surface area (Å²) in [5.41, 5.74) is 8.60. The highest BCUT2D eigenvalue weighted by Gasteiger charge is 2.19. The van der Waals surface area contributed by atoms with Crippen molar-refractivity contribution in [2.75, 3.05) is 0 Å². The van der Waals surface area contributed by atoms with Crippen molar-refractivity contribution in [3.8, 4) is 56.7 Å². The molecular formula is C43H25N5O2. The van der Waals surface area contributed by atoms with E-state index in [0.29, 0.717) is 23.4 Å². The Morgan fingerprint density at radius 1 is 0.400 bits per heavy atom. The van der Waals surface area contributed by atoms with E-state index in [1.807, 2.05) is 109 Å². The van der Waals surface area contributed by atoms with Crippen molar-refractivity contribution in [2.24, 2.45) is 0 Å². The molecule has 50 heavy (non-hydrogen) atoms. The van der Waals surface area contributed by atoms with E-state index in [1.54, 1.807) is 6.20 Å². The first-order chi connectivity index (χ1) is 24.8. The fourth-order valence-corrected chi connectivity index (χ4v) is 6.69. The molecule has 0 saturated heterocycles. The molecule has 0 unspecified atom stereocenters. The Balaban J connectivity index is 1.10. The van der Waals surface area contributed by atoms with Crippen LogP contribution in [0.15, 0.2) is 161 Å². The lowest BCUT2D eigenvalue weighted by Gasteiger charge is -2.12. The van der Waals surface area contributed by atoms with Crippen LogP contribution >= 0.6 is 0 Å². The van der Waals surface area contributed by atoms with Crippen LogP contribution in [0.5, 0.6) is 0 Å². The van der Waals surface area contributed by atoms with E-state index < -0.39 is 0 Å². The second kappa shape index (κ2) is 11.3. The first kappa shape index (κ1) is 28.1. The molecule has 0 bridgehead atoms. The van der Waals surface area contributed by atoms with Gasteiger partial charge in [-0.15, -0.1) is 0 Å². The standard InChI is InChI=1S/C43H25N5O2/c1-3-11-26(12-4-1)40-46-41(27-13-5-2-6-14-27)48-42(47-40)29-23-28(24-44-25-29)30-19-20-33(32-16-8-7-15-31(30)32)43-45-35-21-22-37-38(39(35)50-43)34-17-9-10-18-36(34)49-37/h1-25H. The van der Waals surface area contributed by atoms with E-state index >= 15 is 0 Å². The van der Waals surface area contributed by atoms with Gasteiger partial charge in [0.15, 0.2) is 23.1 Å². The van der Waals surface area contributed by atoms with E-state index in [-0.39, 0.29) is 0 Å². The van der Waals surface area contributed by atoms with Gasteiger partial charge in [-0.05, 0) is 46.7 Å². The fourth-order valence-electron chi connectivity index (χ4n) is 6.69. The molecule has 6 aromatic carbocycles. The molecule has 4 heterocycles. The van der Waals surface area contributed by atoms with E-state index in [1.165, 1.54) is 0 Å². The first-order valence-corrected chi connectivity index (χ1v) is 16.3. The second-order valence-corrected chi connectivity index (χ2v) is 12.1. The van der Waals surface area contributed by atoms with Gasteiger partial charge in [0.25, 0.3) is 0 Å². The molecule has 0 aliphatic rings. The smallest absolute Gasteiger partial charge is 0.227 e. The fraction of sp³-hybridized carbons (Fsp3) is 0. The molecule has 10 aromatic rings. The van der Waals surface area contributed by atoms with Gasteiger partial charge >= 0.3 is 0 Å². The van der Waals surface area contributed by atoms with Crippen LogP contribution in [-0.4, -0.2) is 24.9 Å². The van der Waals surface area contributed by atoms with Crippen LogP contribution in [0.1, 0.15) is 0 Å². The molecule has 0 saturated carbocycles. The SMILES string of the molecule is c1ccc(-c2nc(-c3ccccc3)nc(-c3cncc(-c4ccc(-c5nc6ccc7oc8ccccc8c7c6o5)c5ccccc45)c3)n2)cc1. The van der Waals surface area contributed by atoms with Gasteiger partial charge in [-0.25, -0.2) is 19.9 Å². The average molecular weight is 644 g/mol. The zero-order chi connectivity index (χ0) is 33.0. The lowest BCUT2D eigenvalue weighted by atomic mass is 9.95. The molecular weight excluding hydrogens is 619 g/mol. The Labute approximate surface area is 285 Å². The van der Waals surface area contributed by atoms with Crippen molar-refractivity contribution in [1.29, 1.82) is 0 Å². The zero-order valence-corrected chi connectivity index (χ0v) is 26.5. The molecule has 0 radical (unpaired) electrons. The molecule has 10 rings (SSSR count).